The van der Waals surface area contributed by atoms with Gasteiger partial charge in [-0.05, 0) is 25.8 Å². The molecule has 0 heterocycles. The van der Waals surface area contributed by atoms with Crippen molar-refractivity contribution in [2.24, 2.45) is 5.73 Å². The van der Waals surface area contributed by atoms with Crippen molar-refractivity contribution in [2.45, 2.75) is 46.0 Å². The van der Waals surface area contributed by atoms with Gasteiger partial charge in [-0.25, -0.2) is 0 Å². The molecule has 0 unspecified atom stereocenters. The van der Waals surface area contributed by atoms with Crippen LogP contribution in [-0.4, -0.2) is 6.54 Å². The Labute approximate surface area is 70.7 Å². The lowest BCUT2D eigenvalue weighted by Gasteiger charge is -2.01. The van der Waals surface area contributed by atoms with Gasteiger partial charge in [0.05, 0.1) is 0 Å². The molecule has 0 saturated heterocycles. The van der Waals surface area contributed by atoms with E-state index in [1.807, 2.05) is 0 Å². The largest absolute Gasteiger partial charge is 0.330 e. The van der Waals surface area contributed by atoms with Gasteiger partial charge in [0.1, 0.15) is 0 Å². The Morgan fingerprint density at radius 2 is 2.09 bits per heavy atom. The minimum atomic E-state index is 0.797. The lowest BCUT2D eigenvalue weighted by molar-refractivity contribution is 0.795. The molecule has 0 aromatic heterocycles. The fraction of sp³-hybridized carbons (Fsp3) is 0.800. The summed E-state index contributed by atoms with van der Waals surface area (Å²) in [7, 11) is 0. The summed E-state index contributed by atoms with van der Waals surface area (Å²) in [5, 5.41) is 0. The highest BCUT2D eigenvalue weighted by atomic mass is 14.5. The third-order valence-electron chi connectivity index (χ3n) is 1.91. The van der Waals surface area contributed by atoms with Gasteiger partial charge in [-0.15, -0.1) is 0 Å². The van der Waals surface area contributed by atoms with Crippen LogP contribution < -0.4 is 5.73 Å². The molecule has 0 aliphatic carbocycles. The highest BCUT2D eigenvalue weighted by Gasteiger charge is 1.90. The van der Waals surface area contributed by atoms with Crippen molar-refractivity contribution in [3.8, 4) is 0 Å². The van der Waals surface area contributed by atoms with Gasteiger partial charge in [0.2, 0.25) is 0 Å². The van der Waals surface area contributed by atoms with Crippen molar-refractivity contribution in [2.75, 3.05) is 6.54 Å². The van der Waals surface area contributed by atoms with E-state index >= 15 is 0 Å². The third-order valence-corrected chi connectivity index (χ3v) is 1.91. The molecule has 0 rings (SSSR count). The zero-order valence-corrected chi connectivity index (χ0v) is 7.90. The molecule has 0 atom stereocenters. The molecule has 0 spiro atoms. The first kappa shape index (κ1) is 10.7. The van der Waals surface area contributed by atoms with Crippen LogP contribution in [0, 0.1) is 0 Å². The SMILES string of the molecule is CCCC/C=C(/CC)CCN. The van der Waals surface area contributed by atoms with Crippen LogP contribution in [0.3, 0.4) is 0 Å². The van der Waals surface area contributed by atoms with E-state index in [2.05, 4.69) is 19.9 Å². The first-order valence-electron chi connectivity index (χ1n) is 4.73. The minimum absolute atomic E-state index is 0.797. The van der Waals surface area contributed by atoms with Crippen LogP contribution in [0.15, 0.2) is 11.6 Å². The maximum Gasteiger partial charge on any atom is -0.00399 e. The van der Waals surface area contributed by atoms with Gasteiger partial charge in [0.15, 0.2) is 0 Å². The summed E-state index contributed by atoms with van der Waals surface area (Å²) in [6.07, 6.45) is 8.45. The molecule has 11 heavy (non-hydrogen) atoms. The number of unbranched alkanes of at least 4 members (excludes halogenated alkanes) is 2. The summed E-state index contributed by atoms with van der Waals surface area (Å²) in [5.74, 6) is 0. The Hall–Kier alpha value is -0.300. The number of allylic oxidation sites excluding steroid dienone is 1. The summed E-state index contributed by atoms with van der Waals surface area (Å²) in [6, 6.07) is 0. The zero-order valence-electron chi connectivity index (χ0n) is 7.90. The van der Waals surface area contributed by atoms with Gasteiger partial charge in [-0.1, -0.05) is 38.3 Å². The number of hydrogen-bond acceptors (Lipinski definition) is 1. The molecule has 0 amide bonds. The standard InChI is InChI=1S/C10H21N/c1-3-5-6-7-10(4-2)8-9-11/h7H,3-6,8-9,11H2,1-2H3/b10-7-. The fourth-order valence-electron chi connectivity index (χ4n) is 1.12. The maximum absolute atomic E-state index is 5.47. The van der Waals surface area contributed by atoms with Crippen molar-refractivity contribution >= 4 is 0 Å². The van der Waals surface area contributed by atoms with E-state index in [-0.39, 0.29) is 0 Å². The molecule has 0 aliphatic rings. The van der Waals surface area contributed by atoms with Crippen LogP contribution in [0.1, 0.15) is 46.0 Å². The summed E-state index contributed by atoms with van der Waals surface area (Å²) in [4.78, 5) is 0. The molecule has 1 nitrogen and oxygen atoms in total. The molecule has 0 aromatic rings. The lowest BCUT2D eigenvalue weighted by Crippen LogP contribution is -1.99. The molecule has 0 aliphatic heterocycles. The zero-order chi connectivity index (χ0) is 8.53. The van der Waals surface area contributed by atoms with E-state index in [9.17, 15) is 0 Å². The van der Waals surface area contributed by atoms with Crippen LogP contribution in [0.2, 0.25) is 0 Å². The molecule has 2 N–H and O–H groups in total. The summed E-state index contributed by atoms with van der Waals surface area (Å²) >= 11 is 0. The molecule has 0 aromatic carbocycles. The Morgan fingerprint density at radius 3 is 2.55 bits per heavy atom. The van der Waals surface area contributed by atoms with Crippen LogP contribution in [-0.2, 0) is 0 Å². The molecule has 0 saturated carbocycles. The second-order valence-electron chi connectivity index (χ2n) is 2.90. The number of nitrogens with two attached hydrogens (primary N) is 1. The van der Waals surface area contributed by atoms with E-state index in [1.54, 1.807) is 0 Å². The van der Waals surface area contributed by atoms with Gasteiger partial charge in [-0.2, -0.15) is 0 Å². The Balaban J connectivity index is 3.52. The van der Waals surface area contributed by atoms with Crippen molar-refractivity contribution in [3.05, 3.63) is 11.6 Å². The van der Waals surface area contributed by atoms with Crippen LogP contribution in [0.25, 0.3) is 0 Å². The molecular formula is C10H21N. The van der Waals surface area contributed by atoms with Gasteiger partial charge >= 0.3 is 0 Å². The summed E-state index contributed by atoms with van der Waals surface area (Å²) in [6.45, 7) is 5.22. The Bertz CT molecular complexity index is 105. The van der Waals surface area contributed by atoms with Crippen molar-refractivity contribution < 1.29 is 0 Å². The van der Waals surface area contributed by atoms with Gasteiger partial charge in [0, 0.05) is 0 Å². The summed E-state index contributed by atoms with van der Waals surface area (Å²) < 4.78 is 0. The summed E-state index contributed by atoms with van der Waals surface area (Å²) in [5.41, 5.74) is 7.00. The van der Waals surface area contributed by atoms with E-state index in [1.165, 1.54) is 31.3 Å². The highest BCUT2D eigenvalue weighted by Crippen LogP contribution is 2.08. The normalized spacial score (nSPS) is 12.1. The van der Waals surface area contributed by atoms with Crippen molar-refractivity contribution in [3.63, 3.8) is 0 Å². The Morgan fingerprint density at radius 1 is 1.36 bits per heavy atom. The molecule has 66 valence electrons. The van der Waals surface area contributed by atoms with E-state index in [0.717, 1.165) is 13.0 Å². The van der Waals surface area contributed by atoms with Crippen molar-refractivity contribution in [1.82, 2.24) is 0 Å². The fourth-order valence-corrected chi connectivity index (χ4v) is 1.12. The van der Waals surface area contributed by atoms with Crippen LogP contribution >= 0.6 is 0 Å². The van der Waals surface area contributed by atoms with E-state index in [4.69, 9.17) is 5.73 Å². The first-order valence-corrected chi connectivity index (χ1v) is 4.73. The maximum atomic E-state index is 5.47. The van der Waals surface area contributed by atoms with Gasteiger partial charge in [-0.3, -0.25) is 0 Å². The van der Waals surface area contributed by atoms with E-state index < -0.39 is 0 Å². The highest BCUT2D eigenvalue weighted by molar-refractivity contribution is 5.01. The van der Waals surface area contributed by atoms with Crippen molar-refractivity contribution in [1.29, 1.82) is 0 Å². The predicted octanol–water partition coefficient (Wildman–Crippen LogP) is 2.86. The Kier molecular flexibility index (Phi) is 7.59. The first-order chi connectivity index (χ1) is 5.35. The molecule has 0 bridgehead atoms. The monoisotopic (exact) mass is 155 g/mol. The van der Waals surface area contributed by atoms with Gasteiger partial charge in [0.25, 0.3) is 0 Å². The lowest BCUT2D eigenvalue weighted by atomic mass is 10.1. The predicted molar refractivity (Wildman–Crippen MR) is 51.6 cm³/mol. The van der Waals surface area contributed by atoms with Crippen LogP contribution in [0.5, 0.6) is 0 Å². The average Bonchev–Trinajstić information content (AvgIpc) is 2.03. The molecule has 1 heteroatoms. The topological polar surface area (TPSA) is 26.0 Å². The minimum Gasteiger partial charge on any atom is -0.330 e. The number of rotatable bonds is 6. The third kappa shape index (κ3) is 6.11. The van der Waals surface area contributed by atoms with Crippen LogP contribution in [0.4, 0.5) is 0 Å². The average molecular weight is 155 g/mol. The quantitative estimate of drug-likeness (QED) is 0.463. The molecule has 0 fully saturated rings. The smallest absolute Gasteiger partial charge is 0.00399 e. The number of hydrogen-bond donors (Lipinski definition) is 1. The molecular weight excluding hydrogens is 134 g/mol. The van der Waals surface area contributed by atoms with E-state index in [0.29, 0.717) is 0 Å². The van der Waals surface area contributed by atoms with Gasteiger partial charge < -0.3 is 5.73 Å². The second-order valence-corrected chi connectivity index (χ2v) is 2.90. The molecule has 0 radical (unpaired) electrons. The second kappa shape index (κ2) is 7.80.